The molecule has 0 amide bonds. The summed E-state index contributed by atoms with van der Waals surface area (Å²) in [7, 11) is 0. The summed E-state index contributed by atoms with van der Waals surface area (Å²) >= 11 is 0. The van der Waals surface area contributed by atoms with E-state index in [1.54, 1.807) is 12.1 Å². The van der Waals surface area contributed by atoms with Crippen LogP contribution < -0.4 is 5.32 Å². The zero-order valence-corrected chi connectivity index (χ0v) is 6.17. The molecule has 3 nitrogen and oxygen atoms in total. The maximum Gasteiger partial charge on any atom is 0.145 e. The lowest BCUT2D eigenvalue weighted by molar-refractivity contribution is 0.746. The van der Waals surface area contributed by atoms with Gasteiger partial charge in [0.15, 0.2) is 0 Å². The van der Waals surface area contributed by atoms with Gasteiger partial charge in [0, 0.05) is 12.7 Å². The number of hydrogen-bond acceptors (Lipinski definition) is 3. The Morgan fingerprint density at radius 2 is 2.09 bits per heavy atom. The van der Waals surface area contributed by atoms with E-state index in [4.69, 9.17) is 10.5 Å². The number of nitriles is 2. The van der Waals surface area contributed by atoms with Crippen LogP contribution in [-0.2, 0) is 0 Å². The van der Waals surface area contributed by atoms with Crippen LogP contribution in [-0.4, -0.2) is 6.54 Å². The highest BCUT2D eigenvalue weighted by molar-refractivity contribution is 5.34. The first kappa shape index (κ1) is 7.63. The molecule has 0 heterocycles. The van der Waals surface area contributed by atoms with Gasteiger partial charge >= 0.3 is 0 Å². The van der Waals surface area contributed by atoms with Crippen molar-refractivity contribution in [2.45, 2.75) is 12.8 Å². The molecular formula is C8H9N3. The van der Waals surface area contributed by atoms with Gasteiger partial charge < -0.3 is 5.32 Å². The van der Waals surface area contributed by atoms with Crippen LogP contribution in [0.5, 0.6) is 0 Å². The molecule has 1 N–H and O–H groups in total. The maximum atomic E-state index is 8.33. The average molecular weight is 147 g/mol. The maximum absolute atomic E-state index is 8.33. The van der Waals surface area contributed by atoms with Crippen molar-refractivity contribution in [1.29, 1.82) is 10.5 Å². The number of hydrogen-bond donors (Lipinski definition) is 1. The highest BCUT2D eigenvalue weighted by atomic mass is 14.8. The Morgan fingerprint density at radius 3 is 2.55 bits per heavy atom. The smallest absolute Gasteiger partial charge is 0.145 e. The third-order valence-electron chi connectivity index (χ3n) is 1.59. The molecule has 56 valence electrons. The summed E-state index contributed by atoms with van der Waals surface area (Å²) in [5.41, 5.74) is 0.144. The van der Waals surface area contributed by atoms with Crippen molar-refractivity contribution in [2.24, 2.45) is 5.92 Å². The van der Waals surface area contributed by atoms with E-state index in [9.17, 15) is 0 Å². The molecule has 0 aromatic heterocycles. The van der Waals surface area contributed by atoms with Crippen LogP contribution in [0.25, 0.3) is 0 Å². The summed E-state index contributed by atoms with van der Waals surface area (Å²) in [5, 5.41) is 19.6. The van der Waals surface area contributed by atoms with E-state index < -0.39 is 0 Å². The highest BCUT2D eigenvalue weighted by Crippen LogP contribution is 2.27. The fourth-order valence-corrected chi connectivity index (χ4v) is 0.739. The molecule has 0 bridgehead atoms. The number of rotatable bonds is 3. The van der Waals surface area contributed by atoms with Crippen LogP contribution in [0.2, 0.25) is 0 Å². The molecule has 0 aromatic carbocycles. The first-order valence-electron chi connectivity index (χ1n) is 3.60. The van der Waals surface area contributed by atoms with E-state index >= 15 is 0 Å². The first-order valence-corrected chi connectivity index (χ1v) is 3.60. The van der Waals surface area contributed by atoms with Crippen molar-refractivity contribution in [2.75, 3.05) is 6.54 Å². The van der Waals surface area contributed by atoms with Gasteiger partial charge in [0.05, 0.1) is 0 Å². The SMILES string of the molecule is N#CC(C#N)=CNCC1CC1. The zero-order chi connectivity index (χ0) is 8.10. The van der Waals surface area contributed by atoms with Crippen LogP contribution in [0.15, 0.2) is 11.8 Å². The lowest BCUT2D eigenvalue weighted by Gasteiger charge is -1.94. The largest absolute Gasteiger partial charge is 0.389 e. The molecule has 0 radical (unpaired) electrons. The molecule has 0 aromatic rings. The first-order chi connectivity index (χ1) is 5.36. The summed E-state index contributed by atoms with van der Waals surface area (Å²) in [4.78, 5) is 0. The second-order valence-corrected chi connectivity index (χ2v) is 2.63. The van der Waals surface area contributed by atoms with E-state index in [1.165, 1.54) is 19.0 Å². The Hall–Kier alpha value is -1.48. The molecule has 0 saturated heterocycles. The van der Waals surface area contributed by atoms with Gasteiger partial charge in [-0.1, -0.05) is 0 Å². The van der Waals surface area contributed by atoms with Gasteiger partial charge in [0.1, 0.15) is 17.7 Å². The van der Waals surface area contributed by atoms with Crippen molar-refractivity contribution < 1.29 is 0 Å². The van der Waals surface area contributed by atoms with E-state index in [0.29, 0.717) is 0 Å². The van der Waals surface area contributed by atoms with Crippen LogP contribution in [0.4, 0.5) is 0 Å². The molecule has 1 aliphatic rings. The zero-order valence-electron chi connectivity index (χ0n) is 6.17. The lowest BCUT2D eigenvalue weighted by atomic mass is 10.3. The summed E-state index contributed by atoms with van der Waals surface area (Å²) in [6.07, 6.45) is 4.03. The second kappa shape index (κ2) is 3.63. The summed E-state index contributed by atoms with van der Waals surface area (Å²) in [6, 6.07) is 3.57. The monoisotopic (exact) mass is 147 g/mol. The molecule has 0 spiro atoms. The Labute approximate surface area is 65.9 Å². The van der Waals surface area contributed by atoms with Gasteiger partial charge in [-0.05, 0) is 18.8 Å². The Kier molecular flexibility index (Phi) is 2.52. The van der Waals surface area contributed by atoms with Gasteiger partial charge in [-0.25, -0.2) is 0 Å². The standard InChI is InChI=1S/C8H9N3/c9-3-8(4-10)6-11-5-7-1-2-7/h6-7,11H,1-2,5H2. The minimum atomic E-state index is 0.144. The third kappa shape index (κ3) is 2.73. The second-order valence-electron chi connectivity index (χ2n) is 2.63. The highest BCUT2D eigenvalue weighted by Gasteiger charge is 2.19. The normalized spacial score (nSPS) is 14.4. The fourth-order valence-electron chi connectivity index (χ4n) is 0.739. The topological polar surface area (TPSA) is 59.6 Å². The molecule has 0 unspecified atom stereocenters. The van der Waals surface area contributed by atoms with Crippen molar-refractivity contribution in [1.82, 2.24) is 5.32 Å². The number of allylic oxidation sites excluding steroid dienone is 1. The molecule has 1 aliphatic carbocycles. The van der Waals surface area contributed by atoms with E-state index in [2.05, 4.69) is 5.32 Å². The predicted molar refractivity (Wildman–Crippen MR) is 40.0 cm³/mol. The Balaban J connectivity index is 2.22. The fraction of sp³-hybridized carbons (Fsp3) is 0.500. The van der Waals surface area contributed by atoms with Crippen molar-refractivity contribution >= 4 is 0 Å². The molecule has 11 heavy (non-hydrogen) atoms. The van der Waals surface area contributed by atoms with Crippen LogP contribution in [0.1, 0.15) is 12.8 Å². The number of nitrogens with one attached hydrogen (secondary N) is 1. The van der Waals surface area contributed by atoms with Crippen molar-refractivity contribution in [3.63, 3.8) is 0 Å². The summed E-state index contributed by atoms with van der Waals surface area (Å²) < 4.78 is 0. The van der Waals surface area contributed by atoms with Crippen LogP contribution >= 0.6 is 0 Å². The predicted octanol–water partition coefficient (Wildman–Crippen LogP) is 0.917. The van der Waals surface area contributed by atoms with E-state index in [0.717, 1.165) is 12.5 Å². The van der Waals surface area contributed by atoms with Crippen LogP contribution in [0, 0.1) is 28.6 Å². The average Bonchev–Trinajstić information content (AvgIpc) is 2.82. The summed E-state index contributed by atoms with van der Waals surface area (Å²) in [5.74, 6) is 0.768. The van der Waals surface area contributed by atoms with Crippen molar-refractivity contribution in [3.05, 3.63) is 11.8 Å². The molecule has 1 saturated carbocycles. The minimum Gasteiger partial charge on any atom is -0.389 e. The molecule has 1 fully saturated rings. The van der Waals surface area contributed by atoms with Crippen LogP contribution in [0.3, 0.4) is 0 Å². The lowest BCUT2D eigenvalue weighted by Crippen LogP contribution is -2.09. The molecule has 1 rings (SSSR count). The van der Waals surface area contributed by atoms with Crippen molar-refractivity contribution in [3.8, 4) is 12.1 Å². The molecule has 0 atom stereocenters. The molecular weight excluding hydrogens is 138 g/mol. The van der Waals surface area contributed by atoms with Gasteiger partial charge in [-0.3, -0.25) is 0 Å². The minimum absolute atomic E-state index is 0.144. The van der Waals surface area contributed by atoms with Gasteiger partial charge in [-0.2, -0.15) is 10.5 Å². The number of nitrogens with zero attached hydrogens (tertiary/aromatic N) is 2. The Morgan fingerprint density at radius 1 is 1.45 bits per heavy atom. The molecule has 0 aliphatic heterocycles. The quantitative estimate of drug-likeness (QED) is 0.604. The Bertz CT molecular complexity index is 221. The van der Waals surface area contributed by atoms with Gasteiger partial charge in [0.2, 0.25) is 0 Å². The molecule has 3 heteroatoms. The third-order valence-corrected chi connectivity index (χ3v) is 1.59. The summed E-state index contributed by atoms with van der Waals surface area (Å²) in [6.45, 7) is 0.896. The van der Waals surface area contributed by atoms with Gasteiger partial charge in [-0.15, -0.1) is 0 Å². The van der Waals surface area contributed by atoms with Gasteiger partial charge in [0.25, 0.3) is 0 Å². The van der Waals surface area contributed by atoms with E-state index in [1.807, 2.05) is 0 Å². The van der Waals surface area contributed by atoms with E-state index in [-0.39, 0.29) is 5.57 Å².